The van der Waals surface area contributed by atoms with E-state index in [0.717, 1.165) is 17.3 Å². The van der Waals surface area contributed by atoms with Crippen LogP contribution in [0.1, 0.15) is 23.6 Å². The van der Waals surface area contributed by atoms with Crippen molar-refractivity contribution in [1.29, 1.82) is 0 Å². The second-order valence-electron chi connectivity index (χ2n) is 5.41. The van der Waals surface area contributed by atoms with Crippen LogP contribution in [0.15, 0.2) is 51.8 Å². The molecule has 23 heavy (non-hydrogen) atoms. The molecule has 3 nitrogen and oxygen atoms in total. The van der Waals surface area contributed by atoms with Crippen molar-refractivity contribution in [3.63, 3.8) is 0 Å². The first-order valence-corrected chi connectivity index (χ1v) is 9.39. The molecule has 0 aliphatic heterocycles. The van der Waals surface area contributed by atoms with Crippen LogP contribution in [0.4, 0.5) is 14.5 Å². The minimum Gasteiger partial charge on any atom is -0.378 e. The van der Waals surface area contributed by atoms with Gasteiger partial charge < -0.3 is 5.32 Å². The van der Waals surface area contributed by atoms with Gasteiger partial charge in [0, 0.05) is 10.2 Å². The molecule has 3 rings (SSSR count). The number of fused-ring (bicyclic) bond motifs is 1. The number of alkyl halides is 2. The van der Waals surface area contributed by atoms with Gasteiger partial charge in [-0.15, -0.1) is 0 Å². The van der Waals surface area contributed by atoms with Crippen molar-refractivity contribution in [2.24, 2.45) is 0 Å². The minimum absolute atomic E-state index is 0.135. The topological polar surface area (TPSA) is 46.2 Å². The van der Waals surface area contributed by atoms with Crippen molar-refractivity contribution in [3.8, 4) is 0 Å². The van der Waals surface area contributed by atoms with E-state index >= 15 is 0 Å². The second kappa shape index (κ2) is 6.20. The highest BCUT2D eigenvalue weighted by molar-refractivity contribution is 9.10. The van der Waals surface area contributed by atoms with Crippen molar-refractivity contribution in [3.05, 3.63) is 58.1 Å². The second-order valence-corrected chi connectivity index (χ2v) is 8.24. The number of nitrogens with one attached hydrogen (secondary N) is 1. The Labute approximate surface area is 141 Å². The van der Waals surface area contributed by atoms with Crippen LogP contribution in [-0.2, 0) is 16.3 Å². The highest BCUT2D eigenvalue weighted by Crippen LogP contribution is 2.35. The Kier molecular flexibility index (Phi) is 4.42. The maximum atomic E-state index is 12.5. The number of sulfone groups is 1. The molecule has 0 bridgehead atoms. The highest BCUT2D eigenvalue weighted by Gasteiger charge is 2.27. The van der Waals surface area contributed by atoms with Gasteiger partial charge in [0.05, 0.1) is 10.9 Å². The fourth-order valence-corrected chi connectivity index (χ4v) is 3.91. The Balaban J connectivity index is 1.78. The SMILES string of the molecule is O=S(=O)(c1ccc(NC2CCc3cc(Br)ccc32)cc1)C(F)F. The zero-order valence-corrected chi connectivity index (χ0v) is 14.4. The van der Waals surface area contributed by atoms with E-state index in [0.29, 0.717) is 5.69 Å². The molecule has 122 valence electrons. The van der Waals surface area contributed by atoms with E-state index in [1.807, 2.05) is 6.07 Å². The van der Waals surface area contributed by atoms with E-state index in [2.05, 4.69) is 33.4 Å². The molecule has 1 aliphatic rings. The molecule has 0 saturated carbocycles. The Morgan fingerprint density at radius 2 is 1.83 bits per heavy atom. The van der Waals surface area contributed by atoms with Gasteiger partial charge in [0.25, 0.3) is 0 Å². The van der Waals surface area contributed by atoms with Crippen molar-refractivity contribution in [2.75, 3.05) is 5.32 Å². The molecule has 0 heterocycles. The Morgan fingerprint density at radius 3 is 2.48 bits per heavy atom. The smallest absolute Gasteiger partial charge is 0.341 e. The summed E-state index contributed by atoms with van der Waals surface area (Å²) < 4.78 is 48.9. The van der Waals surface area contributed by atoms with Crippen LogP contribution in [0.25, 0.3) is 0 Å². The Hall–Kier alpha value is -1.47. The number of aryl methyl sites for hydroxylation is 1. The van der Waals surface area contributed by atoms with Crippen molar-refractivity contribution >= 4 is 31.5 Å². The van der Waals surface area contributed by atoms with E-state index in [1.54, 1.807) is 0 Å². The monoisotopic (exact) mass is 401 g/mol. The molecule has 1 aliphatic carbocycles. The number of rotatable bonds is 4. The zero-order valence-electron chi connectivity index (χ0n) is 12.0. The van der Waals surface area contributed by atoms with Crippen LogP contribution in [-0.4, -0.2) is 14.2 Å². The molecule has 2 aromatic carbocycles. The van der Waals surface area contributed by atoms with Crippen molar-refractivity contribution < 1.29 is 17.2 Å². The Bertz CT molecular complexity index is 822. The number of anilines is 1. The summed E-state index contributed by atoms with van der Waals surface area (Å²) in [5.41, 5.74) is 3.19. The largest absolute Gasteiger partial charge is 0.378 e. The summed E-state index contributed by atoms with van der Waals surface area (Å²) >= 11 is 3.45. The summed E-state index contributed by atoms with van der Waals surface area (Å²) in [5.74, 6) is -3.40. The van der Waals surface area contributed by atoms with Gasteiger partial charge in [0.1, 0.15) is 0 Å². The molecule has 0 radical (unpaired) electrons. The lowest BCUT2D eigenvalue weighted by molar-refractivity contribution is 0.234. The average Bonchev–Trinajstić information content (AvgIpc) is 2.89. The van der Waals surface area contributed by atoms with Crippen LogP contribution < -0.4 is 5.32 Å². The van der Waals surface area contributed by atoms with Gasteiger partial charge in [0.2, 0.25) is 9.84 Å². The maximum Gasteiger partial charge on any atom is 0.341 e. The minimum atomic E-state index is -4.54. The van der Waals surface area contributed by atoms with Gasteiger partial charge in [0.15, 0.2) is 0 Å². The summed E-state index contributed by atoms with van der Waals surface area (Å²) in [7, 11) is -4.54. The predicted octanol–water partition coefficient (Wildman–Crippen LogP) is 4.54. The zero-order chi connectivity index (χ0) is 16.6. The number of hydrogen-bond acceptors (Lipinski definition) is 3. The lowest BCUT2D eigenvalue weighted by Crippen LogP contribution is -2.11. The third kappa shape index (κ3) is 3.26. The van der Waals surface area contributed by atoms with Gasteiger partial charge in [-0.25, -0.2) is 8.42 Å². The molecular formula is C16H14BrF2NO2S. The van der Waals surface area contributed by atoms with E-state index in [9.17, 15) is 17.2 Å². The van der Waals surface area contributed by atoms with E-state index in [-0.39, 0.29) is 10.9 Å². The summed E-state index contributed by atoms with van der Waals surface area (Å²) in [4.78, 5) is -0.367. The molecule has 1 N–H and O–H groups in total. The number of benzene rings is 2. The lowest BCUT2D eigenvalue weighted by Gasteiger charge is -2.16. The van der Waals surface area contributed by atoms with Gasteiger partial charge in [-0.2, -0.15) is 8.78 Å². The van der Waals surface area contributed by atoms with Gasteiger partial charge in [-0.1, -0.05) is 22.0 Å². The molecule has 0 spiro atoms. The molecular weight excluding hydrogens is 388 g/mol. The van der Waals surface area contributed by atoms with Crippen LogP contribution in [0, 0.1) is 0 Å². The van der Waals surface area contributed by atoms with Crippen LogP contribution in [0.5, 0.6) is 0 Å². The van der Waals surface area contributed by atoms with Gasteiger partial charge >= 0.3 is 5.76 Å². The maximum absolute atomic E-state index is 12.5. The summed E-state index contributed by atoms with van der Waals surface area (Å²) in [6.07, 6.45) is 1.90. The highest BCUT2D eigenvalue weighted by atomic mass is 79.9. The quantitative estimate of drug-likeness (QED) is 0.817. The van der Waals surface area contributed by atoms with Crippen molar-refractivity contribution in [1.82, 2.24) is 0 Å². The molecule has 0 saturated heterocycles. The van der Waals surface area contributed by atoms with Crippen LogP contribution in [0.3, 0.4) is 0 Å². The van der Waals surface area contributed by atoms with Gasteiger partial charge in [-0.05, 0) is 60.4 Å². The molecule has 7 heteroatoms. The normalized spacial score (nSPS) is 17.3. The average molecular weight is 402 g/mol. The molecule has 2 aromatic rings. The first kappa shape index (κ1) is 16.4. The third-order valence-corrected chi connectivity index (χ3v) is 5.83. The molecule has 1 unspecified atom stereocenters. The summed E-state index contributed by atoms with van der Waals surface area (Å²) in [6.45, 7) is 0. The molecule has 0 aromatic heterocycles. The summed E-state index contributed by atoms with van der Waals surface area (Å²) in [5, 5.41) is 3.33. The first-order valence-electron chi connectivity index (χ1n) is 7.05. The van der Waals surface area contributed by atoms with Crippen molar-refractivity contribution in [2.45, 2.75) is 29.5 Å². The fraction of sp³-hybridized carbons (Fsp3) is 0.250. The standard InChI is InChI=1S/C16H14BrF2NO2S/c17-11-2-7-14-10(9-11)1-8-15(14)20-12-3-5-13(6-4-12)23(21,22)16(18)19/h2-7,9,15-16,20H,1,8H2. The number of halogens is 3. The Morgan fingerprint density at radius 1 is 1.13 bits per heavy atom. The molecule has 0 fully saturated rings. The predicted molar refractivity (Wildman–Crippen MR) is 88.5 cm³/mol. The third-order valence-electron chi connectivity index (χ3n) is 3.94. The van der Waals surface area contributed by atoms with Crippen LogP contribution in [0.2, 0.25) is 0 Å². The first-order chi connectivity index (χ1) is 10.9. The van der Waals surface area contributed by atoms with Gasteiger partial charge in [-0.3, -0.25) is 0 Å². The number of hydrogen-bond donors (Lipinski definition) is 1. The van der Waals surface area contributed by atoms with E-state index in [4.69, 9.17) is 0 Å². The fourth-order valence-electron chi connectivity index (χ4n) is 2.78. The van der Waals surface area contributed by atoms with E-state index < -0.39 is 15.6 Å². The molecule has 1 atom stereocenters. The molecule has 0 amide bonds. The van der Waals surface area contributed by atoms with Crippen LogP contribution >= 0.6 is 15.9 Å². The lowest BCUT2D eigenvalue weighted by atomic mass is 10.1. The van der Waals surface area contributed by atoms with E-state index in [1.165, 1.54) is 35.4 Å². The summed E-state index contributed by atoms with van der Waals surface area (Å²) in [6, 6.07) is 11.7.